The van der Waals surface area contributed by atoms with Gasteiger partial charge in [-0.1, -0.05) is 25.1 Å². The lowest BCUT2D eigenvalue weighted by atomic mass is 10.1. The maximum atomic E-state index is 12.0. The highest BCUT2D eigenvalue weighted by Gasteiger charge is 2.14. The van der Waals surface area contributed by atoms with E-state index in [9.17, 15) is 4.79 Å². The Morgan fingerprint density at radius 1 is 1.35 bits per heavy atom. The standard InChI is InChI=1S/C16H19N5O2/c1-11(2)13-10-12(20-23-13)16(22)17-8-5-7-15-19-18-14-6-3-4-9-21(14)15/h3-4,6,9-11H,5,7-8H2,1-2H3,(H,17,22). The molecule has 0 bridgehead atoms. The largest absolute Gasteiger partial charge is 0.360 e. The van der Waals surface area contributed by atoms with Gasteiger partial charge in [-0.25, -0.2) is 0 Å². The summed E-state index contributed by atoms with van der Waals surface area (Å²) in [4.78, 5) is 12.0. The zero-order valence-electron chi connectivity index (χ0n) is 13.2. The monoisotopic (exact) mass is 313 g/mol. The lowest BCUT2D eigenvalue weighted by molar-refractivity contribution is 0.0944. The van der Waals surface area contributed by atoms with Gasteiger partial charge in [0.1, 0.15) is 11.6 Å². The van der Waals surface area contributed by atoms with Crippen LogP contribution in [0.3, 0.4) is 0 Å². The van der Waals surface area contributed by atoms with E-state index in [1.165, 1.54) is 0 Å². The van der Waals surface area contributed by atoms with E-state index >= 15 is 0 Å². The maximum absolute atomic E-state index is 12.0. The molecule has 1 amide bonds. The van der Waals surface area contributed by atoms with E-state index in [0.717, 1.165) is 24.3 Å². The normalized spacial score (nSPS) is 11.3. The van der Waals surface area contributed by atoms with Crippen LogP contribution in [0.1, 0.15) is 48.3 Å². The van der Waals surface area contributed by atoms with Gasteiger partial charge in [-0.05, 0) is 18.6 Å². The van der Waals surface area contributed by atoms with E-state index in [1.54, 1.807) is 6.07 Å². The summed E-state index contributed by atoms with van der Waals surface area (Å²) in [6.07, 6.45) is 3.45. The summed E-state index contributed by atoms with van der Waals surface area (Å²) in [5, 5.41) is 14.9. The molecule has 0 saturated carbocycles. The summed E-state index contributed by atoms with van der Waals surface area (Å²) in [6, 6.07) is 7.47. The molecule has 0 saturated heterocycles. The van der Waals surface area contributed by atoms with Crippen LogP contribution in [-0.2, 0) is 6.42 Å². The highest BCUT2D eigenvalue weighted by Crippen LogP contribution is 2.14. The molecule has 23 heavy (non-hydrogen) atoms. The Hall–Kier alpha value is -2.70. The van der Waals surface area contributed by atoms with Gasteiger partial charge in [-0.15, -0.1) is 10.2 Å². The first-order valence-corrected chi connectivity index (χ1v) is 7.68. The molecule has 3 aromatic heterocycles. The predicted octanol–water partition coefficient (Wildman–Crippen LogP) is 2.20. The summed E-state index contributed by atoms with van der Waals surface area (Å²) in [6.45, 7) is 4.53. The van der Waals surface area contributed by atoms with Gasteiger partial charge in [0.05, 0.1) is 0 Å². The number of carbonyl (C=O) groups excluding carboxylic acids is 1. The van der Waals surface area contributed by atoms with Crippen molar-refractivity contribution in [2.75, 3.05) is 6.54 Å². The van der Waals surface area contributed by atoms with Crippen molar-refractivity contribution in [2.24, 2.45) is 0 Å². The van der Waals surface area contributed by atoms with E-state index in [2.05, 4.69) is 20.7 Å². The number of aryl methyl sites for hydroxylation is 1. The van der Waals surface area contributed by atoms with Crippen LogP contribution in [-0.4, -0.2) is 32.2 Å². The molecule has 0 aromatic carbocycles. The van der Waals surface area contributed by atoms with Crippen molar-refractivity contribution >= 4 is 11.6 Å². The van der Waals surface area contributed by atoms with Crippen LogP contribution in [0, 0.1) is 0 Å². The fourth-order valence-electron chi connectivity index (χ4n) is 2.27. The number of nitrogens with one attached hydrogen (secondary N) is 1. The van der Waals surface area contributed by atoms with E-state index in [0.29, 0.717) is 18.0 Å². The Bertz CT molecular complexity index is 806. The molecule has 7 heteroatoms. The Morgan fingerprint density at radius 3 is 3.00 bits per heavy atom. The second kappa shape index (κ2) is 6.60. The minimum absolute atomic E-state index is 0.213. The molecule has 3 rings (SSSR count). The number of pyridine rings is 1. The lowest BCUT2D eigenvalue weighted by Crippen LogP contribution is -2.25. The van der Waals surface area contributed by atoms with Gasteiger partial charge in [0.15, 0.2) is 11.3 Å². The van der Waals surface area contributed by atoms with E-state index in [-0.39, 0.29) is 11.8 Å². The number of hydrogen-bond donors (Lipinski definition) is 1. The average molecular weight is 313 g/mol. The molecule has 0 aliphatic heterocycles. The number of aromatic nitrogens is 4. The van der Waals surface area contributed by atoms with Crippen molar-refractivity contribution in [1.82, 2.24) is 25.1 Å². The van der Waals surface area contributed by atoms with Gasteiger partial charge in [0, 0.05) is 31.1 Å². The summed E-state index contributed by atoms with van der Waals surface area (Å²) in [5.74, 6) is 1.60. The molecule has 7 nitrogen and oxygen atoms in total. The van der Waals surface area contributed by atoms with Crippen LogP contribution in [0.4, 0.5) is 0 Å². The summed E-state index contributed by atoms with van der Waals surface area (Å²) in [5.41, 5.74) is 1.15. The van der Waals surface area contributed by atoms with Crippen LogP contribution in [0.15, 0.2) is 35.0 Å². The first-order chi connectivity index (χ1) is 11.1. The second-order valence-electron chi connectivity index (χ2n) is 5.67. The second-order valence-corrected chi connectivity index (χ2v) is 5.67. The van der Waals surface area contributed by atoms with Crippen LogP contribution in [0.25, 0.3) is 5.65 Å². The van der Waals surface area contributed by atoms with Gasteiger partial charge in [-0.2, -0.15) is 0 Å². The number of carbonyl (C=O) groups is 1. The third-order valence-electron chi connectivity index (χ3n) is 3.58. The van der Waals surface area contributed by atoms with Gasteiger partial charge >= 0.3 is 0 Å². The number of hydrogen-bond acceptors (Lipinski definition) is 5. The zero-order chi connectivity index (χ0) is 16.2. The van der Waals surface area contributed by atoms with Gasteiger partial charge in [0.25, 0.3) is 5.91 Å². The Kier molecular flexibility index (Phi) is 4.36. The Labute approximate surface area is 133 Å². The molecule has 0 fully saturated rings. The summed E-state index contributed by atoms with van der Waals surface area (Å²) < 4.78 is 7.08. The fraction of sp³-hybridized carbons (Fsp3) is 0.375. The Balaban J connectivity index is 1.50. The molecule has 0 spiro atoms. The zero-order valence-corrected chi connectivity index (χ0v) is 13.2. The SMILES string of the molecule is CC(C)c1cc(C(=O)NCCCc2nnc3ccccn23)no1. The minimum Gasteiger partial charge on any atom is -0.360 e. The fourth-order valence-corrected chi connectivity index (χ4v) is 2.27. The van der Waals surface area contributed by atoms with Crippen molar-refractivity contribution in [2.45, 2.75) is 32.6 Å². The highest BCUT2D eigenvalue weighted by molar-refractivity contribution is 5.92. The van der Waals surface area contributed by atoms with Crippen LogP contribution < -0.4 is 5.32 Å². The van der Waals surface area contributed by atoms with Gasteiger partial charge in [0.2, 0.25) is 0 Å². The quantitative estimate of drug-likeness (QED) is 0.705. The molecule has 0 atom stereocenters. The molecular formula is C16H19N5O2. The van der Waals surface area contributed by atoms with Gasteiger partial charge < -0.3 is 9.84 Å². The highest BCUT2D eigenvalue weighted by atomic mass is 16.5. The van der Waals surface area contributed by atoms with E-state index in [1.807, 2.05) is 42.6 Å². The van der Waals surface area contributed by atoms with Crippen molar-refractivity contribution in [3.63, 3.8) is 0 Å². The maximum Gasteiger partial charge on any atom is 0.273 e. The summed E-state index contributed by atoms with van der Waals surface area (Å²) in [7, 11) is 0. The number of rotatable bonds is 6. The molecule has 0 aliphatic carbocycles. The molecule has 120 valence electrons. The first-order valence-electron chi connectivity index (χ1n) is 7.68. The average Bonchev–Trinajstić information content (AvgIpc) is 3.19. The van der Waals surface area contributed by atoms with Crippen LogP contribution in [0.5, 0.6) is 0 Å². The summed E-state index contributed by atoms with van der Waals surface area (Å²) >= 11 is 0. The van der Waals surface area contributed by atoms with Crippen molar-refractivity contribution in [3.05, 3.63) is 47.7 Å². The third-order valence-corrected chi connectivity index (χ3v) is 3.58. The topological polar surface area (TPSA) is 85.3 Å². The first kappa shape index (κ1) is 15.2. The van der Waals surface area contributed by atoms with Crippen molar-refractivity contribution in [1.29, 1.82) is 0 Å². The predicted molar refractivity (Wildman–Crippen MR) is 84.2 cm³/mol. The van der Waals surface area contributed by atoms with Crippen LogP contribution in [0.2, 0.25) is 0 Å². The molecule has 3 heterocycles. The van der Waals surface area contributed by atoms with Crippen LogP contribution >= 0.6 is 0 Å². The molecule has 0 aliphatic rings. The molecule has 3 aromatic rings. The van der Waals surface area contributed by atoms with Gasteiger partial charge in [-0.3, -0.25) is 9.20 Å². The molecule has 0 unspecified atom stereocenters. The molecular weight excluding hydrogens is 294 g/mol. The third kappa shape index (κ3) is 3.39. The number of nitrogens with zero attached hydrogens (tertiary/aromatic N) is 4. The van der Waals surface area contributed by atoms with Crippen molar-refractivity contribution in [3.8, 4) is 0 Å². The number of fused-ring (bicyclic) bond motifs is 1. The molecule has 1 N–H and O–H groups in total. The number of amides is 1. The Morgan fingerprint density at radius 2 is 2.22 bits per heavy atom. The lowest BCUT2D eigenvalue weighted by Gasteiger charge is -2.02. The minimum atomic E-state index is -0.216. The van der Waals surface area contributed by atoms with E-state index < -0.39 is 0 Å². The smallest absolute Gasteiger partial charge is 0.273 e. The van der Waals surface area contributed by atoms with Crippen molar-refractivity contribution < 1.29 is 9.32 Å². The van der Waals surface area contributed by atoms with E-state index in [4.69, 9.17) is 4.52 Å². The molecule has 0 radical (unpaired) electrons.